The molecule has 0 amide bonds. The molecule has 124 valence electrons. The third-order valence-electron chi connectivity index (χ3n) is 3.85. The van der Waals surface area contributed by atoms with Crippen LogP contribution in [0.1, 0.15) is 25.5 Å². The molecule has 1 aliphatic heterocycles. The Morgan fingerprint density at radius 1 is 1.35 bits per heavy atom. The van der Waals surface area contributed by atoms with E-state index in [2.05, 4.69) is 9.88 Å². The zero-order valence-electron chi connectivity index (χ0n) is 12.9. The molecule has 6 nitrogen and oxygen atoms in total. The van der Waals surface area contributed by atoms with E-state index in [4.69, 9.17) is 9.26 Å². The molecule has 7 heteroatoms. The number of nitrogens with one attached hydrogen (secondary N) is 1. The van der Waals surface area contributed by atoms with Crippen molar-refractivity contribution in [1.82, 2.24) is 9.88 Å². The molecule has 1 aromatic heterocycles. The molecule has 23 heavy (non-hydrogen) atoms. The number of hydrogen-bond acceptors (Lipinski definition) is 5. The Kier molecular flexibility index (Phi) is 4.79. The molecule has 0 saturated carbocycles. The molecular weight excluding hydrogens is 316 g/mol. The van der Waals surface area contributed by atoms with Crippen molar-refractivity contribution in [3.05, 3.63) is 42.2 Å². The van der Waals surface area contributed by atoms with Gasteiger partial charge in [-0.3, -0.25) is 0 Å². The molecule has 1 fully saturated rings. The zero-order chi connectivity index (χ0) is 16.3. The summed E-state index contributed by atoms with van der Waals surface area (Å²) < 4.78 is 37.8. The third-order valence-corrected chi connectivity index (χ3v) is 5.24. The summed E-state index contributed by atoms with van der Waals surface area (Å²) >= 11 is 0. The van der Waals surface area contributed by atoms with E-state index in [0.717, 1.165) is 18.4 Å². The van der Waals surface area contributed by atoms with Crippen LogP contribution in [0.5, 0.6) is 0 Å². The van der Waals surface area contributed by atoms with E-state index in [-0.39, 0.29) is 17.9 Å². The number of hydrogen-bond donors (Lipinski definition) is 1. The summed E-state index contributed by atoms with van der Waals surface area (Å²) in [5.74, 6) is 0.0834. The molecule has 0 unspecified atom stereocenters. The predicted molar refractivity (Wildman–Crippen MR) is 86.1 cm³/mol. The van der Waals surface area contributed by atoms with Gasteiger partial charge < -0.3 is 9.26 Å². The second-order valence-electron chi connectivity index (χ2n) is 5.76. The molecule has 0 aliphatic carbocycles. The van der Waals surface area contributed by atoms with Gasteiger partial charge in [-0.2, -0.15) is 0 Å². The first-order valence-corrected chi connectivity index (χ1v) is 9.31. The molecule has 1 N–H and O–H groups in total. The normalized spacial score (nSPS) is 19.8. The van der Waals surface area contributed by atoms with E-state index in [0.29, 0.717) is 18.1 Å². The molecule has 0 bridgehead atoms. The van der Waals surface area contributed by atoms with E-state index in [9.17, 15) is 8.42 Å². The maximum Gasteiger partial charge on any atom is 0.219 e. The summed E-state index contributed by atoms with van der Waals surface area (Å²) in [6.45, 7) is 2.52. The Labute approximate surface area is 135 Å². The van der Waals surface area contributed by atoms with Gasteiger partial charge in [-0.15, -0.1) is 0 Å². The fourth-order valence-corrected chi connectivity index (χ4v) is 4.02. The van der Waals surface area contributed by atoms with E-state index < -0.39 is 10.0 Å². The minimum absolute atomic E-state index is 0.0561. The van der Waals surface area contributed by atoms with Crippen molar-refractivity contribution in [3.8, 4) is 11.3 Å². The Morgan fingerprint density at radius 2 is 2.13 bits per heavy atom. The Hall–Kier alpha value is -1.70. The molecule has 2 heterocycles. The molecule has 2 aromatic rings. The summed E-state index contributed by atoms with van der Waals surface area (Å²) in [5.41, 5.74) is 1.52. The van der Waals surface area contributed by atoms with Gasteiger partial charge >= 0.3 is 0 Å². The Bertz CT molecular complexity index is 736. The molecule has 1 aromatic carbocycles. The van der Waals surface area contributed by atoms with E-state index in [1.807, 2.05) is 37.3 Å². The predicted octanol–water partition coefficient (Wildman–Crippen LogP) is 2.33. The van der Waals surface area contributed by atoms with Crippen molar-refractivity contribution in [3.63, 3.8) is 0 Å². The Balaban J connectivity index is 1.65. The highest BCUT2D eigenvalue weighted by molar-refractivity contribution is 7.88. The molecule has 2 atom stereocenters. The first-order valence-electron chi connectivity index (χ1n) is 7.66. The van der Waals surface area contributed by atoms with Gasteiger partial charge in [0.2, 0.25) is 10.0 Å². The average Bonchev–Trinajstić information content (AvgIpc) is 3.18. The number of nitrogens with zero attached hydrogens (tertiary/aromatic N) is 1. The van der Waals surface area contributed by atoms with Crippen LogP contribution in [0.2, 0.25) is 0 Å². The van der Waals surface area contributed by atoms with Gasteiger partial charge in [0.05, 0.1) is 6.10 Å². The van der Waals surface area contributed by atoms with Crippen LogP contribution < -0.4 is 4.72 Å². The lowest BCUT2D eigenvalue weighted by Gasteiger charge is -2.19. The van der Waals surface area contributed by atoms with Gasteiger partial charge in [-0.1, -0.05) is 35.5 Å². The van der Waals surface area contributed by atoms with E-state index in [1.54, 1.807) is 6.07 Å². The Morgan fingerprint density at radius 3 is 2.83 bits per heavy atom. The van der Waals surface area contributed by atoms with Gasteiger partial charge in [-0.05, 0) is 19.8 Å². The largest absolute Gasteiger partial charge is 0.377 e. The van der Waals surface area contributed by atoms with Crippen molar-refractivity contribution in [2.24, 2.45) is 0 Å². The van der Waals surface area contributed by atoms with Crippen LogP contribution in [0.25, 0.3) is 11.3 Å². The van der Waals surface area contributed by atoms with Crippen molar-refractivity contribution in [2.75, 3.05) is 6.61 Å². The van der Waals surface area contributed by atoms with Gasteiger partial charge in [-0.25, -0.2) is 13.1 Å². The van der Waals surface area contributed by atoms with Crippen molar-refractivity contribution in [1.29, 1.82) is 0 Å². The average molecular weight is 336 g/mol. The van der Waals surface area contributed by atoms with E-state index in [1.165, 1.54) is 0 Å². The lowest BCUT2D eigenvalue weighted by Crippen LogP contribution is -2.41. The number of ether oxygens (including phenoxy) is 1. The zero-order valence-corrected chi connectivity index (χ0v) is 13.8. The van der Waals surface area contributed by atoms with Gasteiger partial charge in [0.15, 0.2) is 5.76 Å². The fraction of sp³-hybridized carbons (Fsp3) is 0.438. The number of benzene rings is 1. The highest BCUT2D eigenvalue weighted by atomic mass is 32.2. The summed E-state index contributed by atoms with van der Waals surface area (Å²) in [7, 11) is -3.50. The highest BCUT2D eigenvalue weighted by Gasteiger charge is 2.27. The topological polar surface area (TPSA) is 81.4 Å². The summed E-state index contributed by atoms with van der Waals surface area (Å²) in [5, 5.41) is 3.94. The third kappa shape index (κ3) is 4.19. The first-order chi connectivity index (χ1) is 11.0. The van der Waals surface area contributed by atoms with Crippen LogP contribution in [0, 0.1) is 0 Å². The monoisotopic (exact) mass is 336 g/mol. The molecule has 3 rings (SSSR count). The highest BCUT2D eigenvalue weighted by Crippen LogP contribution is 2.20. The van der Waals surface area contributed by atoms with E-state index >= 15 is 0 Å². The quantitative estimate of drug-likeness (QED) is 0.875. The maximum absolute atomic E-state index is 12.3. The second kappa shape index (κ2) is 6.82. The van der Waals surface area contributed by atoms with Crippen molar-refractivity contribution >= 4 is 10.0 Å². The lowest BCUT2D eigenvalue weighted by molar-refractivity contribution is 0.0902. The van der Waals surface area contributed by atoms with Crippen LogP contribution in [-0.4, -0.2) is 32.3 Å². The summed E-state index contributed by atoms with van der Waals surface area (Å²) in [6, 6.07) is 10.9. The van der Waals surface area contributed by atoms with Crippen LogP contribution in [0.15, 0.2) is 40.9 Å². The van der Waals surface area contributed by atoms with Gasteiger partial charge in [0.25, 0.3) is 0 Å². The standard InChI is InChI=1S/C16H20N2O4S/c1-12(16-8-5-9-21-16)18-23(19,20)11-14-10-15(17-22-14)13-6-3-2-4-7-13/h2-4,6-7,10,12,16,18H,5,8-9,11H2,1H3/t12-,16-/m0/s1. The second-order valence-corrected chi connectivity index (χ2v) is 7.52. The fourth-order valence-electron chi connectivity index (χ4n) is 2.71. The molecule has 0 radical (unpaired) electrons. The molecule has 1 saturated heterocycles. The smallest absolute Gasteiger partial charge is 0.219 e. The first kappa shape index (κ1) is 16.2. The molecule has 1 aliphatic rings. The summed E-state index contributed by atoms with van der Waals surface area (Å²) in [6.07, 6.45) is 1.79. The number of rotatable bonds is 6. The molecular formula is C16H20N2O4S. The maximum atomic E-state index is 12.3. The number of aromatic nitrogens is 1. The van der Waals surface area contributed by atoms with Crippen LogP contribution in [0.4, 0.5) is 0 Å². The van der Waals surface area contributed by atoms with Crippen LogP contribution >= 0.6 is 0 Å². The lowest BCUT2D eigenvalue weighted by atomic mass is 10.1. The van der Waals surface area contributed by atoms with Crippen molar-refractivity contribution < 1.29 is 17.7 Å². The summed E-state index contributed by atoms with van der Waals surface area (Å²) in [4.78, 5) is 0. The van der Waals surface area contributed by atoms with Crippen LogP contribution in [0.3, 0.4) is 0 Å². The van der Waals surface area contributed by atoms with Crippen molar-refractivity contribution in [2.45, 2.75) is 37.7 Å². The SMILES string of the molecule is C[C@H](NS(=O)(=O)Cc1cc(-c2ccccc2)no1)[C@@H]1CCCO1. The number of sulfonamides is 1. The van der Waals surface area contributed by atoms with Gasteiger partial charge in [0, 0.05) is 24.3 Å². The minimum atomic E-state index is -3.50. The van der Waals surface area contributed by atoms with Crippen LogP contribution in [-0.2, 0) is 20.5 Å². The molecule has 0 spiro atoms. The minimum Gasteiger partial charge on any atom is -0.377 e. The van der Waals surface area contributed by atoms with Gasteiger partial charge in [0.1, 0.15) is 11.4 Å².